The molecular formula is C13H16N2O2. The molecule has 0 radical (unpaired) electrons. The molecule has 4 heteroatoms. The number of H-pyrrole nitrogens is 2. The molecule has 1 heterocycles. The van der Waals surface area contributed by atoms with E-state index in [1.807, 2.05) is 13.0 Å². The van der Waals surface area contributed by atoms with Crippen molar-refractivity contribution in [3.8, 4) is 0 Å². The van der Waals surface area contributed by atoms with Gasteiger partial charge in [0.25, 0.3) is 0 Å². The van der Waals surface area contributed by atoms with Crippen LogP contribution in [-0.4, -0.2) is 15.8 Å². The third-order valence-electron chi connectivity index (χ3n) is 2.92. The van der Waals surface area contributed by atoms with Crippen LogP contribution in [0.2, 0.25) is 0 Å². The molecule has 0 unspecified atom stereocenters. The summed E-state index contributed by atoms with van der Waals surface area (Å²) in [5.74, 6) is 0.147. The summed E-state index contributed by atoms with van der Waals surface area (Å²) in [6, 6.07) is 3.60. The van der Waals surface area contributed by atoms with Crippen molar-refractivity contribution in [2.24, 2.45) is 0 Å². The standard InChI is InChI=1S/C13H16N2O2/c1-3-4-5-12(16)9-7-11-10(6-8(9)2)14-13(17)15-11/h6-7H,3-5H2,1-2H3,(H2,14,15,17). The number of carbonyl (C=O) groups excluding carboxylic acids is 1. The topological polar surface area (TPSA) is 65.7 Å². The first kappa shape index (κ1) is 11.6. The third-order valence-corrected chi connectivity index (χ3v) is 2.92. The second-order valence-electron chi connectivity index (χ2n) is 4.32. The summed E-state index contributed by atoms with van der Waals surface area (Å²) in [5, 5.41) is 0. The fourth-order valence-electron chi connectivity index (χ4n) is 1.96. The molecule has 0 saturated carbocycles. The van der Waals surface area contributed by atoms with E-state index < -0.39 is 0 Å². The zero-order chi connectivity index (χ0) is 12.4. The number of aryl methyl sites for hydroxylation is 1. The van der Waals surface area contributed by atoms with Crippen molar-refractivity contribution in [1.29, 1.82) is 0 Å². The highest BCUT2D eigenvalue weighted by Crippen LogP contribution is 2.18. The van der Waals surface area contributed by atoms with Crippen molar-refractivity contribution >= 4 is 16.8 Å². The number of aromatic nitrogens is 2. The molecule has 0 saturated heterocycles. The zero-order valence-corrected chi connectivity index (χ0v) is 10.1. The van der Waals surface area contributed by atoms with Crippen molar-refractivity contribution in [1.82, 2.24) is 9.97 Å². The van der Waals surface area contributed by atoms with Crippen LogP contribution in [0, 0.1) is 6.92 Å². The quantitative estimate of drug-likeness (QED) is 0.795. The summed E-state index contributed by atoms with van der Waals surface area (Å²) >= 11 is 0. The molecule has 90 valence electrons. The number of Topliss-reactive ketones (excluding diaryl/α,β-unsaturated/α-hetero) is 1. The van der Waals surface area contributed by atoms with Crippen molar-refractivity contribution in [3.63, 3.8) is 0 Å². The summed E-state index contributed by atoms with van der Waals surface area (Å²) in [6.07, 6.45) is 2.48. The molecule has 0 fully saturated rings. The molecule has 2 aromatic rings. The number of rotatable bonds is 4. The number of benzene rings is 1. The Morgan fingerprint density at radius 1 is 1.24 bits per heavy atom. The zero-order valence-electron chi connectivity index (χ0n) is 10.1. The van der Waals surface area contributed by atoms with Crippen molar-refractivity contribution in [2.45, 2.75) is 33.1 Å². The van der Waals surface area contributed by atoms with E-state index in [9.17, 15) is 9.59 Å². The SMILES string of the molecule is CCCCC(=O)c1cc2[nH]c(=O)[nH]c2cc1C. The van der Waals surface area contributed by atoms with Crippen LogP contribution in [0.1, 0.15) is 42.1 Å². The van der Waals surface area contributed by atoms with Crippen LogP contribution in [-0.2, 0) is 0 Å². The Kier molecular flexibility index (Phi) is 3.13. The lowest BCUT2D eigenvalue weighted by Crippen LogP contribution is -2.01. The minimum Gasteiger partial charge on any atom is -0.306 e. The van der Waals surface area contributed by atoms with Gasteiger partial charge in [0, 0.05) is 12.0 Å². The average molecular weight is 232 g/mol. The maximum absolute atomic E-state index is 12.0. The molecule has 0 bridgehead atoms. The van der Waals surface area contributed by atoms with E-state index in [1.165, 1.54) is 0 Å². The molecule has 0 spiro atoms. The van der Waals surface area contributed by atoms with Gasteiger partial charge in [-0.3, -0.25) is 4.79 Å². The smallest absolute Gasteiger partial charge is 0.306 e. The van der Waals surface area contributed by atoms with E-state index >= 15 is 0 Å². The normalized spacial score (nSPS) is 10.9. The number of hydrogen-bond donors (Lipinski definition) is 2. The van der Waals surface area contributed by atoms with Crippen LogP contribution in [0.3, 0.4) is 0 Å². The lowest BCUT2D eigenvalue weighted by atomic mass is 10.0. The minimum absolute atomic E-state index is 0.147. The molecular weight excluding hydrogens is 216 g/mol. The molecule has 1 aromatic heterocycles. The Labute approximate surface area is 99.1 Å². The fourth-order valence-corrected chi connectivity index (χ4v) is 1.96. The van der Waals surface area contributed by atoms with Gasteiger partial charge in [0.15, 0.2) is 5.78 Å². The van der Waals surface area contributed by atoms with E-state index in [4.69, 9.17) is 0 Å². The van der Waals surface area contributed by atoms with Gasteiger partial charge in [-0.2, -0.15) is 0 Å². The van der Waals surface area contributed by atoms with E-state index in [2.05, 4.69) is 16.9 Å². The van der Waals surface area contributed by atoms with Crippen molar-refractivity contribution in [3.05, 3.63) is 33.7 Å². The van der Waals surface area contributed by atoms with Gasteiger partial charge in [0.2, 0.25) is 0 Å². The average Bonchev–Trinajstić information content (AvgIpc) is 2.64. The molecule has 0 aliphatic rings. The Balaban J connectivity index is 2.43. The Morgan fingerprint density at radius 2 is 1.88 bits per heavy atom. The highest BCUT2D eigenvalue weighted by atomic mass is 16.1. The molecule has 0 atom stereocenters. The molecule has 0 amide bonds. The van der Waals surface area contributed by atoms with Crippen LogP contribution >= 0.6 is 0 Å². The second kappa shape index (κ2) is 4.57. The number of carbonyl (C=O) groups is 1. The first-order chi connectivity index (χ1) is 8.11. The van der Waals surface area contributed by atoms with Gasteiger partial charge in [0.05, 0.1) is 11.0 Å². The minimum atomic E-state index is -0.238. The van der Waals surface area contributed by atoms with Gasteiger partial charge < -0.3 is 9.97 Å². The Hall–Kier alpha value is -1.84. The first-order valence-electron chi connectivity index (χ1n) is 5.87. The van der Waals surface area contributed by atoms with Gasteiger partial charge in [0.1, 0.15) is 0 Å². The third kappa shape index (κ3) is 2.30. The lowest BCUT2D eigenvalue weighted by molar-refractivity contribution is 0.0979. The maximum atomic E-state index is 12.0. The number of fused-ring (bicyclic) bond motifs is 1. The number of nitrogens with one attached hydrogen (secondary N) is 2. The number of ketones is 1. The van der Waals surface area contributed by atoms with Crippen molar-refractivity contribution in [2.75, 3.05) is 0 Å². The monoisotopic (exact) mass is 232 g/mol. The van der Waals surface area contributed by atoms with Crippen LogP contribution in [0.4, 0.5) is 0 Å². The van der Waals surface area contributed by atoms with Crippen LogP contribution in [0.25, 0.3) is 11.0 Å². The van der Waals surface area contributed by atoms with E-state index in [0.717, 1.165) is 23.9 Å². The number of aromatic amines is 2. The largest absolute Gasteiger partial charge is 0.323 e. The first-order valence-corrected chi connectivity index (χ1v) is 5.87. The maximum Gasteiger partial charge on any atom is 0.323 e. The summed E-state index contributed by atoms with van der Waals surface area (Å²) in [7, 11) is 0. The van der Waals surface area contributed by atoms with Gasteiger partial charge in [-0.1, -0.05) is 13.3 Å². The molecule has 17 heavy (non-hydrogen) atoms. The van der Waals surface area contributed by atoms with E-state index in [0.29, 0.717) is 17.5 Å². The van der Waals surface area contributed by atoms with Gasteiger partial charge in [-0.25, -0.2) is 4.79 Å². The highest BCUT2D eigenvalue weighted by Gasteiger charge is 2.11. The van der Waals surface area contributed by atoms with Crippen LogP contribution in [0.5, 0.6) is 0 Å². The molecule has 2 N–H and O–H groups in total. The molecule has 0 aliphatic carbocycles. The predicted octanol–water partition coefficient (Wildman–Crippen LogP) is 2.54. The molecule has 4 nitrogen and oxygen atoms in total. The summed E-state index contributed by atoms with van der Waals surface area (Å²) in [4.78, 5) is 28.5. The fraction of sp³-hybridized carbons (Fsp3) is 0.385. The van der Waals surface area contributed by atoms with Crippen LogP contribution < -0.4 is 5.69 Å². The Bertz CT molecular complexity index is 607. The van der Waals surface area contributed by atoms with E-state index in [1.54, 1.807) is 6.07 Å². The van der Waals surface area contributed by atoms with E-state index in [-0.39, 0.29) is 11.5 Å². The number of hydrogen-bond acceptors (Lipinski definition) is 2. The Morgan fingerprint density at radius 3 is 2.53 bits per heavy atom. The second-order valence-corrected chi connectivity index (χ2v) is 4.32. The van der Waals surface area contributed by atoms with Crippen molar-refractivity contribution < 1.29 is 4.79 Å². The summed E-state index contributed by atoms with van der Waals surface area (Å²) in [5.41, 5.74) is 2.83. The predicted molar refractivity (Wildman–Crippen MR) is 67.5 cm³/mol. The number of imidazole rings is 1. The lowest BCUT2D eigenvalue weighted by Gasteiger charge is -2.04. The number of unbranched alkanes of at least 4 members (excludes halogenated alkanes) is 1. The van der Waals surface area contributed by atoms with Crippen LogP contribution in [0.15, 0.2) is 16.9 Å². The molecule has 2 rings (SSSR count). The van der Waals surface area contributed by atoms with Gasteiger partial charge in [-0.05, 0) is 31.0 Å². The van der Waals surface area contributed by atoms with Gasteiger partial charge in [-0.15, -0.1) is 0 Å². The molecule has 1 aromatic carbocycles. The molecule has 0 aliphatic heterocycles. The summed E-state index contributed by atoms with van der Waals surface area (Å²) in [6.45, 7) is 3.96. The highest BCUT2D eigenvalue weighted by molar-refractivity contribution is 6.00. The summed E-state index contributed by atoms with van der Waals surface area (Å²) < 4.78 is 0. The van der Waals surface area contributed by atoms with Gasteiger partial charge >= 0.3 is 5.69 Å².